The summed E-state index contributed by atoms with van der Waals surface area (Å²) in [6, 6.07) is 10.4. The van der Waals surface area contributed by atoms with Crippen LogP contribution >= 0.6 is 0 Å². The van der Waals surface area contributed by atoms with E-state index in [1.165, 1.54) is 11.1 Å². The van der Waals surface area contributed by atoms with Crippen molar-refractivity contribution >= 4 is 12.0 Å². The SMILES string of the molecule is C[C@@H]1C[C@H](N2CCC(=Cc3ccccc3)CC2)C(=O)O1. The minimum absolute atomic E-state index is 0.0109. The zero-order valence-corrected chi connectivity index (χ0v) is 11.9. The molecule has 2 aliphatic heterocycles. The fourth-order valence-electron chi connectivity index (χ4n) is 3.09. The van der Waals surface area contributed by atoms with Gasteiger partial charge in [-0.2, -0.15) is 0 Å². The van der Waals surface area contributed by atoms with Crippen LogP contribution in [0.1, 0.15) is 31.7 Å². The Morgan fingerprint density at radius 3 is 2.50 bits per heavy atom. The lowest BCUT2D eigenvalue weighted by molar-refractivity contribution is -0.144. The van der Waals surface area contributed by atoms with Crippen molar-refractivity contribution in [2.75, 3.05) is 13.1 Å². The molecule has 0 amide bonds. The highest BCUT2D eigenvalue weighted by molar-refractivity contribution is 5.78. The summed E-state index contributed by atoms with van der Waals surface area (Å²) in [6.07, 6.45) is 5.30. The third-order valence-corrected chi connectivity index (χ3v) is 4.20. The third kappa shape index (κ3) is 2.93. The first kappa shape index (κ1) is 13.4. The van der Waals surface area contributed by atoms with E-state index in [9.17, 15) is 4.79 Å². The van der Waals surface area contributed by atoms with Crippen LogP contribution in [0.4, 0.5) is 0 Å². The second kappa shape index (κ2) is 5.80. The standard InChI is InChI=1S/C17H21NO2/c1-13-11-16(17(19)20-13)18-9-7-15(8-10-18)12-14-5-3-2-4-6-14/h2-6,12-13,16H,7-11H2,1H3/t13-,16+/m1/s1. The van der Waals surface area contributed by atoms with Crippen LogP contribution in [0.2, 0.25) is 0 Å². The van der Waals surface area contributed by atoms with Gasteiger partial charge < -0.3 is 4.74 Å². The maximum atomic E-state index is 11.8. The lowest BCUT2D eigenvalue weighted by atomic mass is 9.99. The fourth-order valence-corrected chi connectivity index (χ4v) is 3.09. The average Bonchev–Trinajstić information content (AvgIpc) is 2.80. The number of esters is 1. The second-order valence-corrected chi connectivity index (χ2v) is 5.75. The van der Waals surface area contributed by atoms with Crippen LogP contribution in [0.15, 0.2) is 35.9 Å². The maximum Gasteiger partial charge on any atom is 0.323 e. The molecule has 0 spiro atoms. The molecule has 2 heterocycles. The number of rotatable bonds is 2. The molecule has 0 saturated carbocycles. The van der Waals surface area contributed by atoms with Crippen molar-refractivity contribution in [1.82, 2.24) is 4.90 Å². The number of hydrogen-bond donors (Lipinski definition) is 0. The zero-order valence-electron chi connectivity index (χ0n) is 11.9. The van der Waals surface area contributed by atoms with Crippen LogP contribution in [-0.2, 0) is 9.53 Å². The fraction of sp³-hybridized carbons (Fsp3) is 0.471. The molecule has 106 valence electrons. The van der Waals surface area contributed by atoms with Gasteiger partial charge in [-0.05, 0) is 25.3 Å². The van der Waals surface area contributed by atoms with Crippen molar-refractivity contribution in [3.05, 3.63) is 41.5 Å². The van der Waals surface area contributed by atoms with Crippen LogP contribution in [0.3, 0.4) is 0 Å². The van der Waals surface area contributed by atoms with Gasteiger partial charge in [0, 0.05) is 19.5 Å². The second-order valence-electron chi connectivity index (χ2n) is 5.75. The predicted octanol–water partition coefficient (Wildman–Crippen LogP) is 2.87. The monoisotopic (exact) mass is 271 g/mol. The van der Waals surface area contributed by atoms with Crippen LogP contribution in [0, 0.1) is 0 Å². The summed E-state index contributed by atoms with van der Waals surface area (Å²) in [4.78, 5) is 14.1. The van der Waals surface area contributed by atoms with Gasteiger partial charge in [0.25, 0.3) is 0 Å². The molecule has 2 fully saturated rings. The lowest BCUT2D eigenvalue weighted by Crippen LogP contribution is -2.42. The van der Waals surface area contributed by atoms with Crippen LogP contribution in [-0.4, -0.2) is 36.1 Å². The number of likely N-dealkylation sites (tertiary alicyclic amines) is 1. The van der Waals surface area contributed by atoms with Gasteiger partial charge >= 0.3 is 5.97 Å². The molecule has 0 bridgehead atoms. The molecule has 1 aromatic carbocycles. The van der Waals surface area contributed by atoms with Crippen molar-refractivity contribution in [3.8, 4) is 0 Å². The molecule has 2 saturated heterocycles. The minimum Gasteiger partial charge on any atom is -0.461 e. The third-order valence-electron chi connectivity index (χ3n) is 4.20. The van der Waals surface area contributed by atoms with E-state index in [1.54, 1.807) is 0 Å². The number of piperidine rings is 1. The van der Waals surface area contributed by atoms with Crippen molar-refractivity contribution < 1.29 is 9.53 Å². The van der Waals surface area contributed by atoms with Gasteiger partial charge in [-0.15, -0.1) is 0 Å². The Bertz CT molecular complexity index is 499. The molecule has 0 N–H and O–H groups in total. The summed E-state index contributed by atoms with van der Waals surface area (Å²) in [5.74, 6) is -0.0343. The first-order valence-corrected chi connectivity index (χ1v) is 7.41. The number of carbonyl (C=O) groups is 1. The summed E-state index contributed by atoms with van der Waals surface area (Å²) in [6.45, 7) is 3.90. The van der Waals surface area contributed by atoms with E-state index in [0.29, 0.717) is 0 Å². The first-order chi connectivity index (χ1) is 9.72. The average molecular weight is 271 g/mol. The van der Waals surface area contributed by atoms with Gasteiger partial charge in [-0.1, -0.05) is 42.0 Å². The number of carbonyl (C=O) groups excluding carboxylic acids is 1. The summed E-state index contributed by atoms with van der Waals surface area (Å²) < 4.78 is 5.25. The van der Waals surface area contributed by atoms with E-state index in [-0.39, 0.29) is 18.1 Å². The molecule has 0 aliphatic carbocycles. The predicted molar refractivity (Wildman–Crippen MR) is 79.2 cm³/mol. The highest BCUT2D eigenvalue weighted by atomic mass is 16.6. The number of benzene rings is 1. The largest absolute Gasteiger partial charge is 0.461 e. The van der Waals surface area contributed by atoms with Gasteiger partial charge in [0.1, 0.15) is 12.1 Å². The topological polar surface area (TPSA) is 29.5 Å². The smallest absolute Gasteiger partial charge is 0.323 e. The van der Waals surface area contributed by atoms with E-state index >= 15 is 0 Å². The highest BCUT2D eigenvalue weighted by Crippen LogP contribution is 2.26. The van der Waals surface area contributed by atoms with E-state index < -0.39 is 0 Å². The quantitative estimate of drug-likeness (QED) is 0.775. The van der Waals surface area contributed by atoms with E-state index in [0.717, 1.165) is 32.4 Å². The highest BCUT2D eigenvalue weighted by Gasteiger charge is 2.37. The Morgan fingerprint density at radius 2 is 1.90 bits per heavy atom. The molecular weight excluding hydrogens is 250 g/mol. The molecular formula is C17H21NO2. The molecule has 1 aromatic rings. The van der Waals surface area contributed by atoms with Crippen molar-refractivity contribution in [3.63, 3.8) is 0 Å². The lowest BCUT2D eigenvalue weighted by Gasteiger charge is -2.31. The number of cyclic esters (lactones) is 1. The van der Waals surface area contributed by atoms with E-state index in [2.05, 4.69) is 35.2 Å². The Kier molecular flexibility index (Phi) is 3.88. The normalized spacial score (nSPS) is 27.4. The molecule has 2 aliphatic rings. The molecule has 3 heteroatoms. The molecule has 3 nitrogen and oxygen atoms in total. The van der Waals surface area contributed by atoms with E-state index in [1.807, 2.05) is 13.0 Å². The van der Waals surface area contributed by atoms with Crippen molar-refractivity contribution in [2.24, 2.45) is 0 Å². The number of nitrogens with zero attached hydrogens (tertiary/aromatic N) is 1. The van der Waals surface area contributed by atoms with Crippen LogP contribution in [0.25, 0.3) is 6.08 Å². The first-order valence-electron chi connectivity index (χ1n) is 7.41. The molecule has 0 aromatic heterocycles. The molecule has 0 radical (unpaired) electrons. The Hall–Kier alpha value is -1.61. The van der Waals surface area contributed by atoms with Gasteiger partial charge in [-0.25, -0.2) is 0 Å². The molecule has 0 unspecified atom stereocenters. The van der Waals surface area contributed by atoms with Crippen molar-refractivity contribution in [1.29, 1.82) is 0 Å². The van der Waals surface area contributed by atoms with Crippen molar-refractivity contribution in [2.45, 2.75) is 38.3 Å². The zero-order chi connectivity index (χ0) is 13.9. The van der Waals surface area contributed by atoms with Gasteiger partial charge in [0.05, 0.1) is 0 Å². The summed E-state index contributed by atoms with van der Waals surface area (Å²) in [5.41, 5.74) is 2.75. The summed E-state index contributed by atoms with van der Waals surface area (Å²) >= 11 is 0. The van der Waals surface area contributed by atoms with Gasteiger partial charge in [0.15, 0.2) is 0 Å². The molecule has 2 atom stereocenters. The summed E-state index contributed by atoms with van der Waals surface area (Å²) in [5, 5.41) is 0. The van der Waals surface area contributed by atoms with Gasteiger partial charge in [-0.3, -0.25) is 9.69 Å². The number of hydrogen-bond acceptors (Lipinski definition) is 3. The van der Waals surface area contributed by atoms with Crippen LogP contribution in [0.5, 0.6) is 0 Å². The Labute approximate surface area is 120 Å². The summed E-state index contributed by atoms with van der Waals surface area (Å²) in [7, 11) is 0. The Balaban J connectivity index is 1.60. The van der Waals surface area contributed by atoms with Gasteiger partial charge in [0.2, 0.25) is 0 Å². The van der Waals surface area contributed by atoms with E-state index in [4.69, 9.17) is 4.74 Å². The maximum absolute atomic E-state index is 11.8. The van der Waals surface area contributed by atoms with Crippen LogP contribution < -0.4 is 0 Å². The molecule has 3 rings (SSSR count). The minimum atomic E-state index is -0.0343. The molecule has 20 heavy (non-hydrogen) atoms. The number of ether oxygens (including phenoxy) is 1. The Morgan fingerprint density at radius 1 is 1.20 bits per heavy atom.